The number of piperidine rings is 1. The first-order valence-electron chi connectivity index (χ1n) is 10.7. The van der Waals surface area contributed by atoms with Gasteiger partial charge in [0.2, 0.25) is 0 Å². The van der Waals surface area contributed by atoms with Crippen LogP contribution in [0.2, 0.25) is 0 Å². The SMILES string of the molecule is Cc1noc(C)c1C(=O)N1CCC2(CC1)CC(CNC(=O)c1ccccc1)CCO2. The van der Waals surface area contributed by atoms with Gasteiger partial charge in [-0.15, -0.1) is 0 Å². The molecule has 1 aromatic carbocycles. The van der Waals surface area contributed by atoms with Crippen LogP contribution in [0.15, 0.2) is 34.9 Å². The molecule has 1 spiro atoms. The Hall–Kier alpha value is -2.67. The second-order valence-corrected chi connectivity index (χ2v) is 8.46. The highest BCUT2D eigenvalue weighted by molar-refractivity contribution is 5.96. The van der Waals surface area contributed by atoms with Gasteiger partial charge in [-0.1, -0.05) is 23.4 Å². The Balaban J connectivity index is 1.31. The number of rotatable bonds is 4. The topological polar surface area (TPSA) is 84.7 Å². The van der Waals surface area contributed by atoms with E-state index in [0.29, 0.717) is 54.7 Å². The molecule has 0 radical (unpaired) electrons. The van der Waals surface area contributed by atoms with E-state index in [1.807, 2.05) is 35.2 Å². The third-order valence-electron chi connectivity index (χ3n) is 6.39. The van der Waals surface area contributed by atoms with Crippen LogP contribution < -0.4 is 5.32 Å². The lowest BCUT2D eigenvalue weighted by Crippen LogP contribution is -2.51. The van der Waals surface area contributed by atoms with E-state index in [2.05, 4.69) is 10.5 Å². The van der Waals surface area contributed by atoms with Crippen LogP contribution in [0.1, 0.15) is 57.9 Å². The van der Waals surface area contributed by atoms with Crippen molar-refractivity contribution in [1.82, 2.24) is 15.4 Å². The van der Waals surface area contributed by atoms with E-state index in [4.69, 9.17) is 9.26 Å². The Morgan fingerprint density at radius 2 is 1.93 bits per heavy atom. The molecule has 30 heavy (non-hydrogen) atoms. The maximum absolute atomic E-state index is 12.9. The average Bonchev–Trinajstić information content (AvgIpc) is 3.11. The van der Waals surface area contributed by atoms with Crippen LogP contribution in [0, 0.1) is 19.8 Å². The van der Waals surface area contributed by atoms with Crippen molar-refractivity contribution in [2.75, 3.05) is 26.2 Å². The lowest BCUT2D eigenvalue weighted by Gasteiger charge is -2.46. The van der Waals surface area contributed by atoms with Crippen LogP contribution >= 0.6 is 0 Å². The molecule has 7 heteroatoms. The fourth-order valence-corrected chi connectivity index (χ4v) is 4.64. The lowest BCUT2D eigenvalue weighted by atomic mass is 9.79. The Bertz CT molecular complexity index is 881. The zero-order valence-corrected chi connectivity index (χ0v) is 17.6. The van der Waals surface area contributed by atoms with E-state index >= 15 is 0 Å². The summed E-state index contributed by atoms with van der Waals surface area (Å²) in [6.07, 6.45) is 3.48. The molecule has 0 saturated carbocycles. The normalized spacial score (nSPS) is 20.9. The van der Waals surface area contributed by atoms with Gasteiger partial charge < -0.3 is 19.5 Å². The summed E-state index contributed by atoms with van der Waals surface area (Å²) in [6, 6.07) is 9.30. The van der Waals surface area contributed by atoms with Gasteiger partial charge in [0.05, 0.1) is 11.3 Å². The number of likely N-dealkylation sites (tertiary alicyclic amines) is 1. The first kappa shape index (κ1) is 20.6. The molecule has 2 saturated heterocycles. The first-order valence-corrected chi connectivity index (χ1v) is 10.7. The van der Waals surface area contributed by atoms with Gasteiger partial charge >= 0.3 is 0 Å². The smallest absolute Gasteiger partial charge is 0.259 e. The summed E-state index contributed by atoms with van der Waals surface area (Å²) in [6.45, 7) is 6.24. The van der Waals surface area contributed by atoms with Gasteiger partial charge in [-0.3, -0.25) is 9.59 Å². The number of benzene rings is 1. The van der Waals surface area contributed by atoms with Crippen molar-refractivity contribution in [2.24, 2.45) is 5.92 Å². The molecule has 7 nitrogen and oxygen atoms in total. The molecule has 1 unspecified atom stereocenters. The van der Waals surface area contributed by atoms with E-state index in [1.165, 1.54) is 0 Å². The van der Waals surface area contributed by atoms with E-state index in [9.17, 15) is 9.59 Å². The second kappa shape index (κ2) is 8.60. The summed E-state index contributed by atoms with van der Waals surface area (Å²) in [4.78, 5) is 27.1. The van der Waals surface area contributed by atoms with Crippen molar-refractivity contribution in [3.8, 4) is 0 Å². The minimum absolute atomic E-state index is 0.0106. The summed E-state index contributed by atoms with van der Waals surface area (Å²) in [7, 11) is 0. The highest BCUT2D eigenvalue weighted by Gasteiger charge is 2.41. The number of aromatic nitrogens is 1. The summed E-state index contributed by atoms with van der Waals surface area (Å²) in [5.41, 5.74) is 1.71. The molecular weight excluding hydrogens is 382 g/mol. The molecular formula is C23H29N3O4. The number of carbonyl (C=O) groups is 2. The Labute approximate surface area is 176 Å². The van der Waals surface area contributed by atoms with E-state index in [0.717, 1.165) is 25.7 Å². The number of carbonyl (C=O) groups excluding carboxylic acids is 2. The molecule has 160 valence electrons. The number of hydrogen-bond donors (Lipinski definition) is 1. The maximum Gasteiger partial charge on any atom is 0.259 e. The molecule has 2 aliphatic heterocycles. The maximum atomic E-state index is 12.9. The predicted octanol–water partition coefficient (Wildman–Crippen LogP) is 3.12. The highest BCUT2D eigenvalue weighted by atomic mass is 16.5. The molecule has 1 aromatic heterocycles. The van der Waals surface area contributed by atoms with Gasteiger partial charge in [-0.2, -0.15) is 0 Å². The monoisotopic (exact) mass is 411 g/mol. The quantitative estimate of drug-likeness (QED) is 0.836. The minimum Gasteiger partial charge on any atom is -0.375 e. The van der Waals surface area contributed by atoms with Crippen molar-refractivity contribution < 1.29 is 18.8 Å². The van der Waals surface area contributed by atoms with Crippen molar-refractivity contribution >= 4 is 11.8 Å². The standard InChI is InChI=1S/C23H29N3O4/c1-16-20(17(2)30-25-16)22(28)26-11-9-23(10-12-26)14-18(8-13-29-23)15-24-21(27)19-6-4-3-5-7-19/h3-7,18H,8-15H2,1-2H3,(H,24,27). The zero-order valence-electron chi connectivity index (χ0n) is 17.6. The number of nitrogens with one attached hydrogen (secondary N) is 1. The highest BCUT2D eigenvalue weighted by Crippen LogP contribution is 2.38. The third kappa shape index (κ3) is 4.26. The molecule has 2 aromatic rings. The largest absolute Gasteiger partial charge is 0.375 e. The van der Waals surface area contributed by atoms with Crippen LogP contribution in [0.4, 0.5) is 0 Å². The van der Waals surface area contributed by atoms with E-state index in [1.54, 1.807) is 13.8 Å². The fourth-order valence-electron chi connectivity index (χ4n) is 4.64. The molecule has 2 amide bonds. The van der Waals surface area contributed by atoms with Crippen LogP contribution in [-0.2, 0) is 4.74 Å². The van der Waals surface area contributed by atoms with Crippen LogP contribution in [0.25, 0.3) is 0 Å². The predicted molar refractivity (Wildman–Crippen MR) is 111 cm³/mol. The third-order valence-corrected chi connectivity index (χ3v) is 6.39. The first-order chi connectivity index (χ1) is 14.5. The summed E-state index contributed by atoms with van der Waals surface area (Å²) in [5, 5.41) is 6.97. The lowest BCUT2D eigenvalue weighted by molar-refractivity contribution is -0.122. The van der Waals surface area contributed by atoms with Crippen molar-refractivity contribution in [2.45, 2.75) is 45.1 Å². The minimum atomic E-state index is -0.199. The van der Waals surface area contributed by atoms with Gasteiger partial charge in [-0.05, 0) is 57.6 Å². The number of hydrogen-bond acceptors (Lipinski definition) is 5. The molecule has 2 aliphatic rings. The van der Waals surface area contributed by atoms with Crippen molar-refractivity contribution in [3.63, 3.8) is 0 Å². The molecule has 2 fully saturated rings. The van der Waals surface area contributed by atoms with Crippen LogP contribution in [-0.4, -0.2) is 53.7 Å². The molecule has 1 N–H and O–H groups in total. The Morgan fingerprint density at radius 3 is 2.60 bits per heavy atom. The van der Waals surface area contributed by atoms with E-state index < -0.39 is 0 Å². The molecule has 4 rings (SSSR count). The number of aryl methyl sites for hydroxylation is 2. The van der Waals surface area contributed by atoms with Gasteiger partial charge in [-0.25, -0.2) is 0 Å². The molecule has 3 heterocycles. The summed E-state index contributed by atoms with van der Waals surface area (Å²) in [5.74, 6) is 0.914. The van der Waals surface area contributed by atoms with Crippen LogP contribution in [0.3, 0.4) is 0 Å². The van der Waals surface area contributed by atoms with Crippen molar-refractivity contribution in [1.29, 1.82) is 0 Å². The molecule has 0 bridgehead atoms. The Morgan fingerprint density at radius 1 is 1.20 bits per heavy atom. The van der Waals surface area contributed by atoms with Gasteiger partial charge in [0.15, 0.2) is 0 Å². The summed E-state index contributed by atoms with van der Waals surface area (Å²) < 4.78 is 11.4. The number of amides is 2. The van der Waals surface area contributed by atoms with E-state index in [-0.39, 0.29) is 17.4 Å². The molecule has 1 atom stereocenters. The number of nitrogens with zero attached hydrogens (tertiary/aromatic N) is 2. The Kier molecular flexibility index (Phi) is 5.90. The fraction of sp³-hybridized carbons (Fsp3) is 0.522. The average molecular weight is 412 g/mol. The van der Waals surface area contributed by atoms with Crippen molar-refractivity contribution in [3.05, 3.63) is 52.9 Å². The second-order valence-electron chi connectivity index (χ2n) is 8.46. The van der Waals surface area contributed by atoms with Gasteiger partial charge in [0, 0.05) is 31.8 Å². The van der Waals surface area contributed by atoms with Gasteiger partial charge in [0.25, 0.3) is 11.8 Å². The number of ether oxygens (including phenoxy) is 1. The van der Waals surface area contributed by atoms with Gasteiger partial charge in [0.1, 0.15) is 11.3 Å². The van der Waals surface area contributed by atoms with Crippen LogP contribution in [0.5, 0.6) is 0 Å². The molecule has 0 aliphatic carbocycles. The summed E-state index contributed by atoms with van der Waals surface area (Å²) >= 11 is 0. The zero-order chi connectivity index (χ0) is 21.1.